The highest BCUT2D eigenvalue weighted by Crippen LogP contribution is 2.15. The minimum Gasteiger partial charge on any atom is -0.354 e. The van der Waals surface area contributed by atoms with E-state index in [9.17, 15) is 4.39 Å². The van der Waals surface area contributed by atoms with Crippen molar-refractivity contribution in [2.45, 2.75) is 39.0 Å². The van der Waals surface area contributed by atoms with Gasteiger partial charge < -0.3 is 14.8 Å². The SMILES string of the molecule is CCCNC(Cc1ccc(F)cc1C)C(OC)OC. The Morgan fingerprint density at radius 2 is 1.95 bits per heavy atom. The first-order valence-electron chi connectivity index (χ1n) is 6.66. The standard InChI is InChI=1S/C15H24FNO2/c1-5-8-17-14(15(18-3)19-4)10-12-6-7-13(16)9-11(12)2/h6-7,9,14-15,17H,5,8,10H2,1-4H3. The molecule has 1 aromatic carbocycles. The van der Waals surface area contributed by atoms with E-state index in [0.29, 0.717) is 0 Å². The van der Waals surface area contributed by atoms with Gasteiger partial charge in [0.2, 0.25) is 0 Å². The third kappa shape index (κ3) is 4.90. The molecule has 1 unspecified atom stereocenters. The van der Waals surface area contributed by atoms with Crippen LogP contribution in [0.5, 0.6) is 0 Å². The second-order valence-corrected chi connectivity index (χ2v) is 4.68. The van der Waals surface area contributed by atoms with Crippen molar-refractivity contribution in [3.05, 3.63) is 35.1 Å². The zero-order valence-corrected chi connectivity index (χ0v) is 12.2. The van der Waals surface area contributed by atoms with Crippen LogP contribution in [0.1, 0.15) is 24.5 Å². The lowest BCUT2D eigenvalue weighted by molar-refractivity contribution is -0.122. The fourth-order valence-corrected chi connectivity index (χ4v) is 2.14. The first-order valence-corrected chi connectivity index (χ1v) is 6.66. The van der Waals surface area contributed by atoms with Crippen LogP contribution < -0.4 is 5.32 Å². The van der Waals surface area contributed by atoms with Crippen molar-refractivity contribution in [2.75, 3.05) is 20.8 Å². The summed E-state index contributed by atoms with van der Waals surface area (Å²) in [7, 11) is 3.26. The molecule has 3 nitrogen and oxygen atoms in total. The number of aryl methyl sites for hydroxylation is 1. The monoisotopic (exact) mass is 269 g/mol. The predicted octanol–water partition coefficient (Wildman–Crippen LogP) is 2.66. The van der Waals surface area contributed by atoms with Gasteiger partial charge >= 0.3 is 0 Å². The summed E-state index contributed by atoms with van der Waals surface area (Å²) in [6.07, 6.45) is 1.48. The molecule has 0 aliphatic heterocycles. The van der Waals surface area contributed by atoms with E-state index in [-0.39, 0.29) is 18.1 Å². The number of nitrogens with one attached hydrogen (secondary N) is 1. The van der Waals surface area contributed by atoms with Crippen LogP contribution in [0.25, 0.3) is 0 Å². The van der Waals surface area contributed by atoms with E-state index in [2.05, 4.69) is 12.2 Å². The van der Waals surface area contributed by atoms with Crippen LogP contribution in [-0.2, 0) is 15.9 Å². The molecule has 0 aliphatic carbocycles. The Bertz CT molecular complexity index is 380. The number of hydrogen-bond donors (Lipinski definition) is 1. The summed E-state index contributed by atoms with van der Waals surface area (Å²) in [5.41, 5.74) is 2.06. The Morgan fingerprint density at radius 3 is 2.47 bits per heavy atom. The molecule has 0 saturated carbocycles. The quantitative estimate of drug-likeness (QED) is 0.736. The van der Waals surface area contributed by atoms with Crippen LogP contribution >= 0.6 is 0 Å². The third-order valence-electron chi connectivity index (χ3n) is 3.19. The number of ether oxygens (including phenoxy) is 2. The second kappa shape index (κ2) is 8.25. The Morgan fingerprint density at radius 1 is 1.26 bits per heavy atom. The van der Waals surface area contributed by atoms with Crippen LogP contribution in [0.15, 0.2) is 18.2 Å². The van der Waals surface area contributed by atoms with Crippen molar-refractivity contribution in [3.8, 4) is 0 Å². The van der Waals surface area contributed by atoms with Crippen LogP contribution in [0, 0.1) is 12.7 Å². The van der Waals surface area contributed by atoms with Gasteiger partial charge in [-0.05, 0) is 49.6 Å². The molecule has 0 aliphatic rings. The molecule has 19 heavy (non-hydrogen) atoms. The van der Waals surface area contributed by atoms with E-state index < -0.39 is 0 Å². The van der Waals surface area contributed by atoms with Crippen LogP contribution in [-0.4, -0.2) is 33.1 Å². The minimum absolute atomic E-state index is 0.0547. The van der Waals surface area contributed by atoms with E-state index in [1.807, 2.05) is 13.0 Å². The predicted molar refractivity (Wildman–Crippen MR) is 74.7 cm³/mol. The lowest BCUT2D eigenvalue weighted by Gasteiger charge is -2.26. The average Bonchev–Trinajstić information content (AvgIpc) is 2.39. The van der Waals surface area contributed by atoms with Crippen LogP contribution in [0.3, 0.4) is 0 Å². The Kier molecular flexibility index (Phi) is 6.99. The van der Waals surface area contributed by atoms with Crippen LogP contribution in [0.2, 0.25) is 0 Å². The molecule has 1 N–H and O–H groups in total. The molecule has 0 amide bonds. The molecule has 0 fully saturated rings. The third-order valence-corrected chi connectivity index (χ3v) is 3.19. The van der Waals surface area contributed by atoms with Gasteiger partial charge in [0, 0.05) is 14.2 Å². The summed E-state index contributed by atoms with van der Waals surface area (Å²) >= 11 is 0. The van der Waals surface area contributed by atoms with Crippen LogP contribution in [0.4, 0.5) is 4.39 Å². The zero-order chi connectivity index (χ0) is 14.3. The number of halogens is 1. The van der Waals surface area contributed by atoms with Gasteiger partial charge in [0.15, 0.2) is 6.29 Å². The van der Waals surface area contributed by atoms with Gasteiger partial charge in [0.05, 0.1) is 6.04 Å². The smallest absolute Gasteiger partial charge is 0.172 e. The summed E-state index contributed by atoms with van der Waals surface area (Å²) in [4.78, 5) is 0. The first kappa shape index (κ1) is 16.1. The lowest BCUT2D eigenvalue weighted by atomic mass is 10.0. The Hall–Kier alpha value is -0.970. The molecular weight excluding hydrogens is 245 g/mol. The first-order chi connectivity index (χ1) is 9.12. The molecule has 1 rings (SSSR count). The molecule has 108 valence electrons. The summed E-state index contributed by atoms with van der Waals surface area (Å²) in [6, 6.07) is 4.93. The molecule has 0 spiro atoms. The summed E-state index contributed by atoms with van der Waals surface area (Å²) in [6.45, 7) is 4.93. The average molecular weight is 269 g/mol. The highest BCUT2D eigenvalue weighted by atomic mass is 19.1. The molecule has 0 radical (unpaired) electrons. The lowest BCUT2D eigenvalue weighted by Crippen LogP contribution is -2.44. The van der Waals surface area contributed by atoms with E-state index in [1.54, 1.807) is 20.3 Å². The Labute approximate surface area is 115 Å². The molecule has 0 saturated heterocycles. The van der Waals surface area contributed by atoms with Crippen molar-refractivity contribution in [1.82, 2.24) is 5.32 Å². The highest BCUT2D eigenvalue weighted by Gasteiger charge is 2.21. The molecule has 1 atom stereocenters. The topological polar surface area (TPSA) is 30.5 Å². The van der Waals surface area contributed by atoms with Crippen molar-refractivity contribution >= 4 is 0 Å². The van der Waals surface area contributed by atoms with Gasteiger partial charge in [-0.1, -0.05) is 13.0 Å². The van der Waals surface area contributed by atoms with Crippen molar-refractivity contribution in [1.29, 1.82) is 0 Å². The van der Waals surface area contributed by atoms with Gasteiger partial charge in [-0.2, -0.15) is 0 Å². The summed E-state index contributed by atoms with van der Waals surface area (Å²) in [5.74, 6) is -0.200. The fraction of sp³-hybridized carbons (Fsp3) is 0.600. The van der Waals surface area contributed by atoms with E-state index in [4.69, 9.17) is 9.47 Å². The largest absolute Gasteiger partial charge is 0.354 e. The number of rotatable bonds is 8. The van der Waals surface area contributed by atoms with E-state index in [1.165, 1.54) is 6.07 Å². The molecular formula is C15H24FNO2. The van der Waals surface area contributed by atoms with E-state index in [0.717, 1.165) is 30.5 Å². The maximum atomic E-state index is 13.1. The van der Waals surface area contributed by atoms with Gasteiger partial charge in [0.25, 0.3) is 0 Å². The fourth-order valence-electron chi connectivity index (χ4n) is 2.14. The molecule has 4 heteroatoms. The molecule has 0 bridgehead atoms. The maximum Gasteiger partial charge on any atom is 0.172 e. The van der Waals surface area contributed by atoms with Crippen molar-refractivity contribution in [3.63, 3.8) is 0 Å². The number of hydrogen-bond acceptors (Lipinski definition) is 3. The normalized spacial score (nSPS) is 12.9. The molecule has 0 heterocycles. The van der Waals surface area contributed by atoms with Gasteiger partial charge in [-0.15, -0.1) is 0 Å². The number of benzene rings is 1. The van der Waals surface area contributed by atoms with Gasteiger partial charge in [-0.3, -0.25) is 0 Å². The molecule has 1 aromatic rings. The van der Waals surface area contributed by atoms with Gasteiger partial charge in [-0.25, -0.2) is 4.39 Å². The minimum atomic E-state index is -0.309. The van der Waals surface area contributed by atoms with Crippen molar-refractivity contribution in [2.24, 2.45) is 0 Å². The maximum absolute atomic E-state index is 13.1. The zero-order valence-electron chi connectivity index (χ0n) is 12.2. The highest BCUT2D eigenvalue weighted by molar-refractivity contribution is 5.27. The summed E-state index contributed by atoms with van der Waals surface area (Å²) in [5, 5.41) is 3.42. The summed E-state index contributed by atoms with van der Waals surface area (Å²) < 4.78 is 23.8. The van der Waals surface area contributed by atoms with Crippen molar-refractivity contribution < 1.29 is 13.9 Å². The molecule has 0 aromatic heterocycles. The Balaban J connectivity index is 2.80. The number of methoxy groups -OCH3 is 2. The van der Waals surface area contributed by atoms with Gasteiger partial charge in [0.1, 0.15) is 5.82 Å². The van der Waals surface area contributed by atoms with E-state index >= 15 is 0 Å². The second-order valence-electron chi connectivity index (χ2n) is 4.68.